The quantitative estimate of drug-likeness (QED) is 0.636. The van der Waals surface area contributed by atoms with Gasteiger partial charge >= 0.3 is 0 Å². The average molecular weight is 327 g/mol. The van der Waals surface area contributed by atoms with Crippen molar-refractivity contribution in [2.45, 2.75) is 6.42 Å². The molecule has 2 nitrogen and oxygen atoms in total. The molecule has 3 rings (SSSR count). The van der Waals surface area contributed by atoms with Gasteiger partial charge in [0.2, 0.25) is 0 Å². The van der Waals surface area contributed by atoms with E-state index in [2.05, 4.69) is 4.98 Å². The van der Waals surface area contributed by atoms with E-state index in [9.17, 15) is 8.78 Å². The van der Waals surface area contributed by atoms with Gasteiger partial charge in [-0.05, 0) is 18.2 Å². The Labute approximate surface area is 129 Å². The van der Waals surface area contributed by atoms with Crippen molar-refractivity contribution >= 4 is 34.2 Å². The fourth-order valence-corrected chi connectivity index (χ4v) is 2.60. The van der Waals surface area contributed by atoms with Crippen molar-refractivity contribution < 1.29 is 8.78 Å². The normalized spacial score (nSPS) is 11.2. The monoisotopic (exact) mass is 326 g/mol. The van der Waals surface area contributed by atoms with Crippen LogP contribution in [0.1, 0.15) is 5.82 Å². The van der Waals surface area contributed by atoms with Gasteiger partial charge in [0.05, 0.1) is 21.7 Å². The van der Waals surface area contributed by atoms with Crippen molar-refractivity contribution in [1.82, 2.24) is 9.55 Å². The van der Waals surface area contributed by atoms with E-state index in [1.165, 1.54) is 18.2 Å². The number of rotatable bonds is 3. The lowest BCUT2D eigenvalue weighted by Crippen LogP contribution is -2.04. The molecule has 0 aliphatic rings. The topological polar surface area (TPSA) is 17.8 Å². The van der Waals surface area contributed by atoms with Crippen molar-refractivity contribution in [3.8, 4) is 5.69 Å². The number of aryl methyl sites for hydroxylation is 1. The van der Waals surface area contributed by atoms with Crippen LogP contribution in [0, 0.1) is 11.6 Å². The summed E-state index contributed by atoms with van der Waals surface area (Å²) in [4.78, 5) is 4.38. The largest absolute Gasteiger partial charge is 0.293 e. The Hall–Kier alpha value is -1.65. The third-order valence-electron chi connectivity index (χ3n) is 3.18. The van der Waals surface area contributed by atoms with Gasteiger partial charge in [-0.3, -0.25) is 4.57 Å². The van der Waals surface area contributed by atoms with Crippen LogP contribution in [-0.2, 0) is 6.42 Å². The van der Waals surface area contributed by atoms with E-state index in [1.54, 1.807) is 22.8 Å². The molecule has 0 radical (unpaired) electrons. The molecule has 0 spiro atoms. The number of nitrogens with zero attached hydrogens (tertiary/aromatic N) is 2. The maximum Gasteiger partial charge on any atom is 0.147 e. The van der Waals surface area contributed by atoms with Gasteiger partial charge in [-0.2, -0.15) is 0 Å². The van der Waals surface area contributed by atoms with Crippen LogP contribution in [0.3, 0.4) is 0 Å². The fraction of sp³-hybridized carbons (Fsp3) is 0.133. The van der Waals surface area contributed by atoms with Gasteiger partial charge in [-0.1, -0.05) is 23.7 Å². The number of aromatic nitrogens is 2. The van der Waals surface area contributed by atoms with E-state index in [1.807, 2.05) is 0 Å². The Morgan fingerprint density at radius 3 is 2.57 bits per heavy atom. The molecule has 3 aromatic rings. The van der Waals surface area contributed by atoms with Crippen LogP contribution in [0.25, 0.3) is 16.7 Å². The lowest BCUT2D eigenvalue weighted by Gasteiger charge is -2.09. The molecule has 0 fully saturated rings. The molecular weight excluding hydrogens is 317 g/mol. The maximum atomic E-state index is 14.1. The van der Waals surface area contributed by atoms with E-state index in [4.69, 9.17) is 23.2 Å². The molecule has 1 heterocycles. The number of fused-ring (bicyclic) bond motifs is 1. The summed E-state index contributed by atoms with van der Waals surface area (Å²) < 4.78 is 29.4. The lowest BCUT2D eigenvalue weighted by molar-refractivity contribution is 0.615. The molecule has 0 saturated heterocycles. The minimum Gasteiger partial charge on any atom is -0.293 e. The standard InChI is InChI=1S/C15H10Cl2F2N2/c16-6-5-15-20-12-7-9(17)11(19)8-14(12)21(15)13-4-2-1-3-10(13)18/h1-4,7-8H,5-6H2. The SMILES string of the molecule is Fc1cc2c(cc1Cl)nc(CCCl)n2-c1ccccc1F. The highest BCUT2D eigenvalue weighted by Gasteiger charge is 2.16. The molecule has 0 aliphatic carbocycles. The average Bonchev–Trinajstić information content (AvgIpc) is 2.78. The molecule has 21 heavy (non-hydrogen) atoms. The Bertz CT molecular complexity index is 815. The molecule has 0 atom stereocenters. The Morgan fingerprint density at radius 2 is 1.86 bits per heavy atom. The Kier molecular flexibility index (Phi) is 3.83. The summed E-state index contributed by atoms with van der Waals surface area (Å²) in [6.45, 7) is 0. The second-order valence-electron chi connectivity index (χ2n) is 4.51. The summed E-state index contributed by atoms with van der Waals surface area (Å²) >= 11 is 11.6. The Morgan fingerprint density at radius 1 is 1.10 bits per heavy atom. The third kappa shape index (κ3) is 2.49. The first-order valence-corrected chi connectivity index (χ1v) is 7.20. The van der Waals surface area contributed by atoms with Gasteiger partial charge < -0.3 is 0 Å². The van der Waals surface area contributed by atoms with Crippen LogP contribution in [0.5, 0.6) is 0 Å². The van der Waals surface area contributed by atoms with Crippen LogP contribution in [0.2, 0.25) is 5.02 Å². The number of alkyl halides is 1. The minimum absolute atomic E-state index is 0.0156. The van der Waals surface area contributed by atoms with E-state index in [-0.39, 0.29) is 5.02 Å². The number of benzene rings is 2. The summed E-state index contributed by atoms with van der Waals surface area (Å²) in [7, 11) is 0. The first kappa shape index (κ1) is 14.3. The van der Waals surface area contributed by atoms with Crippen LogP contribution >= 0.6 is 23.2 Å². The van der Waals surface area contributed by atoms with Gasteiger partial charge in [-0.15, -0.1) is 11.6 Å². The number of imidazole rings is 1. The second kappa shape index (κ2) is 5.62. The molecule has 0 amide bonds. The smallest absolute Gasteiger partial charge is 0.147 e. The number of para-hydroxylation sites is 1. The minimum atomic E-state index is -0.570. The number of hydrogen-bond acceptors (Lipinski definition) is 1. The van der Waals surface area contributed by atoms with Crippen LogP contribution < -0.4 is 0 Å². The first-order valence-electron chi connectivity index (χ1n) is 6.29. The van der Waals surface area contributed by atoms with Crippen molar-refractivity contribution in [3.63, 3.8) is 0 Å². The molecule has 0 N–H and O–H groups in total. The molecule has 1 aromatic heterocycles. The zero-order chi connectivity index (χ0) is 15.0. The summed E-state index contributed by atoms with van der Waals surface area (Å²) in [5.41, 5.74) is 1.27. The summed E-state index contributed by atoms with van der Waals surface area (Å²) in [5.74, 6) is -0.0950. The predicted molar refractivity (Wildman–Crippen MR) is 80.4 cm³/mol. The highest BCUT2D eigenvalue weighted by Crippen LogP contribution is 2.28. The van der Waals surface area contributed by atoms with E-state index in [0.717, 1.165) is 0 Å². The van der Waals surface area contributed by atoms with Gasteiger partial charge in [0, 0.05) is 18.4 Å². The molecule has 0 bridgehead atoms. The summed E-state index contributed by atoms with van der Waals surface area (Å²) in [5, 5.41) is -0.0156. The van der Waals surface area contributed by atoms with Gasteiger partial charge in [-0.25, -0.2) is 13.8 Å². The second-order valence-corrected chi connectivity index (χ2v) is 5.29. The zero-order valence-electron chi connectivity index (χ0n) is 10.8. The molecule has 2 aromatic carbocycles. The zero-order valence-corrected chi connectivity index (χ0v) is 12.3. The predicted octanol–water partition coefficient (Wildman–Crippen LogP) is 4.74. The Balaban J connectivity index is 2.35. The number of hydrogen-bond donors (Lipinski definition) is 0. The molecule has 6 heteroatoms. The first-order chi connectivity index (χ1) is 10.1. The number of halogens is 4. The lowest BCUT2D eigenvalue weighted by atomic mass is 10.2. The molecule has 108 valence electrons. The molecule has 0 saturated carbocycles. The van der Waals surface area contributed by atoms with Gasteiger partial charge in [0.25, 0.3) is 0 Å². The fourth-order valence-electron chi connectivity index (χ4n) is 2.28. The van der Waals surface area contributed by atoms with E-state index in [0.29, 0.717) is 34.8 Å². The van der Waals surface area contributed by atoms with Gasteiger partial charge in [0.1, 0.15) is 17.5 Å². The van der Waals surface area contributed by atoms with Gasteiger partial charge in [0.15, 0.2) is 0 Å². The highest BCUT2D eigenvalue weighted by molar-refractivity contribution is 6.31. The summed E-state index contributed by atoms with van der Waals surface area (Å²) in [6, 6.07) is 8.95. The highest BCUT2D eigenvalue weighted by atomic mass is 35.5. The van der Waals surface area contributed by atoms with Crippen LogP contribution in [0.4, 0.5) is 8.78 Å². The third-order valence-corrected chi connectivity index (χ3v) is 3.66. The van der Waals surface area contributed by atoms with Crippen molar-refractivity contribution in [2.75, 3.05) is 5.88 Å². The van der Waals surface area contributed by atoms with Crippen LogP contribution in [0.15, 0.2) is 36.4 Å². The van der Waals surface area contributed by atoms with E-state index >= 15 is 0 Å². The molecular formula is C15H10Cl2F2N2. The van der Waals surface area contributed by atoms with Crippen molar-refractivity contribution in [1.29, 1.82) is 0 Å². The molecule has 0 unspecified atom stereocenters. The molecule has 0 aliphatic heterocycles. The van der Waals surface area contributed by atoms with Crippen molar-refractivity contribution in [3.05, 3.63) is 58.9 Å². The maximum absolute atomic E-state index is 14.1. The van der Waals surface area contributed by atoms with Crippen LogP contribution in [-0.4, -0.2) is 15.4 Å². The van der Waals surface area contributed by atoms with Crippen molar-refractivity contribution in [2.24, 2.45) is 0 Å². The van der Waals surface area contributed by atoms with E-state index < -0.39 is 11.6 Å². The summed E-state index contributed by atoms with van der Waals surface area (Å²) in [6.07, 6.45) is 0.434.